The van der Waals surface area contributed by atoms with Crippen LogP contribution in [0.3, 0.4) is 0 Å². The van der Waals surface area contributed by atoms with E-state index >= 15 is 0 Å². The zero-order valence-corrected chi connectivity index (χ0v) is 14.5. The van der Waals surface area contributed by atoms with Crippen LogP contribution in [0.25, 0.3) is 0 Å². The molecule has 3 nitrogen and oxygen atoms in total. The van der Waals surface area contributed by atoms with Gasteiger partial charge in [0.05, 0.1) is 15.8 Å². The number of halogens is 2. The average molecular weight is 349 g/mol. The van der Waals surface area contributed by atoms with Gasteiger partial charge < -0.3 is 4.84 Å². The summed E-state index contributed by atoms with van der Waals surface area (Å²) in [7, 11) is 0. The van der Waals surface area contributed by atoms with Crippen LogP contribution in [-0.2, 0) is 4.84 Å². The van der Waals surface area contributed by atoms with Crippen LogP contribution in [0.15, 0.2) is 35.0 Å². The van der Waals surface area contributed by atoms with Crippen molar-refractivity contribution in [1.82, 2.24) is 4.90 Å². The van der Waals surface area contributed by atoms with E-state index in [1.54, 1.807) is 12.1 Å². The third kappa shape index (κ3) is 4.29. The second-order valence-electron chi connectivity index (χ2n) is 5.87. The Morgan fingerprint density at radius 2 is 2.30 bits per heavy atom. The highest BCUT2D eigenvalue weighted by Gasteiger charge is 2.35. The van der Waals surface area contributed by atoms with E-state index in [0.717, 1.165) is 24.2 Å². The molecule has 0 aromatic heterocycles. The van der Waals surface area contributed by atoms with Crippen molar-refractivity contribution in [2.75, 3.05) is 26.2 Å². The Bertz CT molecular complexity index is 715. The summed E-state index contributed by atoms with van der Waals surface area (Å²) in [4.78, 5) is 7.82. The van der Waals surface area contributed by atoms with Gasteiger partial charge in [-0.05, 0) is 49.7 Å². The van der Waals surface area contributed by atoms with Crippen LogP contribution < -0.4 is 0 Å². The van der Waals surface area contributed by atoms with Crippen LogP contribution in [0.1, 0.15) is 18.9 Å². The van der Waals surface area contributed by atoms with E-state index in [0.29, 0.717) is 22.6 Å². The SMILES string of the molecule is C/C(C#Cc1ccc(Cl)c(Cl)c1)=C/CO/N=C1\CN2CCC1C2. The zero-order chi connectivity index (χ0) is 16.2. The van der Waals surface area contributed by atoms with Crippen LogP contribution in [0.2, 0.25) is 10.0 Å². The molecule has 2 unspecified atom stereocenters. The number of oxime groups is 1. The fraction of sp³-hybridized carbons (Fsp3) is 0.389. The molecule has 2 atom stereocenters. The summed E-state index contributed by atoms with van der Waals surface area (Å²) in [5.74, 6) is 6.74. The van der Waals surface area contributed by atoms with Gasteiger partial charge in [-0.2, -0.15) is 0 Å². The molecule has 2 aliphatic rings. The van der Waals surface area contributed by atoms with Gasteiger partial charge in [0.2, 0.25) is 0 Å². The highest BCUT2D eigenvalue weighted by Crippen LogP contribution is 2.25. The minimum Gasteiger partial charge on any atom is -0.392 e. The molecular weight excluding hydrogens is 331 g/mol. The van der Waals surface area contributed by atoms with Gasteiger partial charge in [-0.15, -0.1) is 0 Å². The van der Waals surface area contributed by atoms with Gasteiger partial charge in [-0.1, -0.05) is 40.2 Å². The van der Waals surface area contributed by atoms with Gasteiger partial charge in [0.15, 0.2) is 0 Å². The number of nitrogens with zero attached hydrogens (tertiary/aromatic N) is 2. The highest BCUT2D eigenvalue weighted by molar-refractivity contribution is 6.42. The van der Waals surface area contributed by atoms with E-state index in [-0.39, 0.29) is 0 Å². The molecule has 2 aliphatic heterocycles. The summed E-state index contributed by atoms with van der Waals surface area (Å²) in [5.41, 5.74) is 2.96. The minimum atomic E-state index is 0.443. The molecule has 120 valence electrons. The van der Waals surface area contributed by atoms with Gasteiger partial charge >= 0.3 is 0 Å². The number of fused-ring (bicyclic) bond motifs is 2. The summed E-state index contributed by atoms with van der Waals surface area (Å²) >= 11 is 11.8. The summed E-state index contributed by atoms with van der Waals surface area (Å²) in [6.45, 7) is 5.70. The lowest BCUT2D eigenvalue weighted by atomic mass is 10.0. The molecule has 2 bridgehead atoms. The largest absolute Gasteiger partial charge is 0.392 e. The monoisotopic (exact) mass is 348 g/mol. The summed E-state index contributed by atoms with van der Waals surface area (Å²) < 4.78 is 0. The zero-order valence-electron chi connectivity index (χ0n) is 13.0. The molecule has 2 saturated heterocycles. The number of hydrogen-bond acceptors (Lipinski definition) is 3. The number of rotatable bonds is 3. The number of allylic oxidation sites excluding steroid dienone is 1. The van der Waals surface area contributed by atoms with Crippen LogP contribution in [0.4, 0.5) is 0 Å². The Morgan fingerprint density at radius 1 is 1.43 bits per heavy atom. The van der Waals surface area contributed by atoms with Gasteiger partial charge in [0.1, 0.15) is 6.61 Å². The minimum absolute atomic E-state index is 0.443. The number of piperidine rings is 1. The molecule has 5 heteroatoms. The van der Waals surface area contributed by atoms with Gasteiger partial charge in [0.25, 0.3) is 0 Å². The van der Waals surface area contributed by atoms with Gasteiger partial charge in [-0.25, -0.2) is 0 Å². The molecule has 3 rings (SSSR count). The average Bonchev–Trinajstić information content (AvgIpc) is 3.15. The smallest absolute Gasteiger partial charge is 0.136 e. The summed E-state index contributed by atoms with van der Waals surface area (Å²) in [6.07, 6.45) is 3.15. The van der Waals surface area contributed by atoms with Crippen molar-refractivity contribution in [2.45, 2.75) is 13.3 Å². The third-order valence-electron chi connectivity index (χ3n) is 4.10. The molecule has 0 spiro atoms. The maximum Gasteiger partial charge on any atom is 0.136 e. The molecular formula is C18H18Cl2N2O. The Kier molecular flexibility index (Phi) is 5.27. The van der Waals surface area contributed by atoms with Crippen molar-refractivity contribution in [3.63, 3.8) is 0 Å². The lowest BCUT2D eigenvalue weighted by Gasteiger charge is -2.12. The molecule has 1 aromatic rings. The van der Waals surface area contributed by atoms with Crippen molar-refractivity contribution in [3.05, 3.63) is 45.5 Å². The molecule has 23 heavy (non-hydrogen) atoms. The van der Waals surface area contributed by atoms with Crippen LogP contribution in [0, 0.1) is 17.8 Å². The van der Waals surface area contributed by atoms with Crippen LogP contribution in [-0.4, -0.2) is 36.9 Å². The lowest BCUT2D eigenvalue weighted by Crippen LogP contribution is -2.23. The Labute approximate surface area is 146 Å². The van der Waals surface area contributed by atoms with Gasteiger partial charge in [0, 0.05) is 24.6 Å². The maximum absolute atomic E-state index is 5.97. The van der Waals surface area contributed by atoms with Crippen molar-refractivity contribution >= 4 is 28.9 Å². The predicted octanol–water partition coefficient (Wildman–Crippen LogP) is 4.00. The normalized spacial score (nSPS) is 24.7. The maximum atomic E-state index is 5.97. The van der Waals surface area contributed by atoms with Gasteiger partial charge in [-0.3, -0.25) is 4.90 Å². The Morgan fingerprint density at radius 3 is 3.00 bits per heavy atom. The molecule has 0 saturated carbocycles. The lowest BCUT2D eigenvalue weighted by molar-refractivity contribution is 0.171. The van der Waals surface area contributed by atoms with Crippen LogP contribution >= 0.6 is 23.2 Å². The van der Waals surface area contributed by atoms with E-state index < -0.39 is 0 Å². The van der Waals surface area contributed by atoms with Crippen molar-refractivity contribution in [3.8, 4) is 11.8 Å². The Balaban J connectivity index is 1.51. The summed E-state index contributed by atoms with van der Waals surface area (Å²) in [5, 5.41) is 5.32. The second-order valence-corrected chi connectivity index (χ2v) is 6.68. The van der Waals surface area contributed by atoms with Crippen molar-refractivity contribution in [2.24, 2.45) is 11.1 Å². The van der Waals surface area contributed by atoms with E-state index in [4.69, 9.17) is 28.0 Å². The second kappa shape index (κ2) is 7.40. The fourth-order valence-electron chi connectivity index (χ4n) is 2.79. The molecule has 1 aromatic carbocycles. The third-order valence-corrected chi connectivity index (χ3v) is 4.84. The first-order valence-corrected chi connectivity index (χ1v) is 8.42. The van der Waals surface area contributed by atoms with E-state index in [1.165, 1.54) is 18.7 Å². The first kappa shape index (κ1) is 16.4. The molecule has 2 heterocycles. The number of hydrogen-bond donors (Lipinski definition) is 0. The topological polar surface area (TPSA) is 24.8 Å². The molecule has 2 fully saturated rings. The summed E-state index contributed by atoms with van der Waals surface area (Å²) in [6, 6.07) is 5.36. The van der Waals surface area contributed by atoms with Crippen molar-refractivity contribution in [1.29, 1.82) is 0 Å². The van der Waals surface area contributed by atoms with Crippen LogP contribution in [0.5, 0.6) is 0 Å². The van der Waals surface area contributed by atoms with E-state index in [1.807, 2.05) is 19.1 Å². The molecule has 0 radical (unpaired) electrons. The first-order chi connectivity index (χ1) is 11.1. The van der Waals surface area contributed by atoms with Crippen molar-refractivity contribution < 1.29 is 4.84 Å². The Hall–Kier alpha value is -1.47. The molecule has 0 aliphatic carbocycles. The number of benzene rings is 1. The predicted molar refractivity (Wildman–Crippen MR) is 95.0 cm³/mol. The standard InChI is InChI=1S/C18H18Cl2N2O/c1-13(2-3-14-4-5-16(19)17(20)10-14)7-9-23-21-18-12-22-8-6-15(18)11-22/h4-5,7,10,15H,6,8-9,11-12H2,1H3/b13-7-,21-18+. The molecule has 0 N–H and O–H groups in total. The van der Waals surface area contributed by atoms with E-state index in [9.17, 15) is 0 Å². The molecule has 0 amide bonds. The van der Waals surface area contributed by atoms with E-state index in [2.05, 4.69) is 21.9 Å². The quantitative estimate of drug-likeness (QED) is 0.468. The highest BCUT2D eigenvalue weighted by atomic mass is 35.5. The fourth-order valence-corrected chi connectivity index (χ4v) is 3.09. The first-order valence-electron chi connectivity index (χ1n) is 7.67.